The molecule has 0 aliphatic carbocycles. The van der Waals surface area contributed by atoms with E-state index in [-0.39, 0.29) is 6.54 Å². The molecule has 10 nitrogen and oxygen atoms in total. The highest BCUT2D eigenvalue weighted by Crippen LogP contribution is 2.17. The van der Waals surface area contributed by atoms with Crippen LogP contribution in [0.1, 0.15) is 19.8 Å². The van der Waals surface area contributed by atoms with Crippen molar-refractivity contribution in [2.24, 2.45) is 5.73 Å². The number of likely N-dealkylation sites (tertiary alicyclic amines) is 1. The molecule has 0 spiro atoms. The number of nitrogens with one attached hydrogen (secondary N) is 2. The van der Waals surface area contributed by atoms with E-state index in [9.17, 15) is 24.3 Å². The lowest BCUT2D eigenvalue weighted by atomic mass is 10.1. The standard InChI is InChI=1S/C13H22N4O6/c1-7(18)11(16-9(19)5-14)12(21)15-6-10(20)17-4-2-3-8(17)13(22)23/h7-8,11,18H,2-6,14H2,1H3,(H,15,21)(H,16,19)(H,22,23). The van der Waals surface area contributed by atoms with E-state index >= 15 is 0 Å². The van der Waals surface area contributed by atoms with Crippen LogP contribution in [-0.2, 0) is 19.2 Å². The van der Waals surface area contributed by atoms with E-state index in [2.05, 4.69) is 10.6 Å². The molecule has 6 N–H and O–H groups in total. The molecule has 3 atom stereocenters. The van der Waals surface area contributed by atoms with Crippen LogP contribution in [0.25, 0.3) is 0 Å². The van der Waals surface area contributed by atoms with Crippen LogP contribution in [0.4, 0.5) is 0 Å². The van der Waals surface area contributed by atoms with E-state index in [4.69, 9.17) is 10.8 Å². The number of carbonyl (C=O) groups is 4. The van der Waals surface area contributed by atoms with Gasteiger partial charge in [0.15, 0.2) is 0 Å². The minimum atomic E-state index is -1.24. The minimum Gasteiger partial charge on any atom is -0.480 e. The van der Waals surface area contributed by atoms with Gasteiger partial charge in [-0.3, -0.25) is 14.4 Å². The molecule has 23 heavy (non-hydrogen) atoms. The number of carboxylic acids is 1. The SMILES string of the molecule is CC(O)C(NC(=O)CN)C(=O)NCC(=O)N1CCCC1C(=O)O. The zero-order chi connectivity index (χ0) is 17.6. The molecule has 1 aliphatic rings. The van der Waals surface area contributed by atoms with Gasteiger partial charge in [0.2, 0.25) is 17.7 Å². The van der Waals surface area contributed by atoms with Crippen molar-refractivity contribution in [1.29, 1.82) is 0 Å². The summed E-state index contributed by atoms with van der Waals surface area (Å²) in [5.74, 6) is -2.99. The number of hydrogen-bond acceptors (Lipinski definition) is 6. The van der Waals surface area contributed by atoms with Gasteiger partial charge < -0.3 is 31.5 Å². The fourth-order valence-electron chi connectivity index (χ4n) is 2.33. The number of aliphatic hydroxyl groups is 1. The van der Waals surface area contributed by atoms with Crippen LogP contribution in [0.5, 0.6) is 0 Å². The van der Waals surface area contributed by atoms with Crippen molar-refractivity contribution in [1.82, 2.24) is 15.5 Å². The van der Waals surface area contributed by atoms with Gasteiger partial charge in [-0.15, -0.1) is 0 Å². The second-order valence-electron chi connectivity index (χ2n) is 5.29. The van der Waals surface area contributed by atoms with Crippen LogP contribution in [0.3, 0.4) is 0 Å². The Morgan fingerprint density at radius 2 is 2.00 bits per heavy atom. The van der Waals surface area contributed by atoms with Crippen molar-refractivity contribution >= 4 is 23.7 Å². The Morgan fingerprint density at radius 1 is 1.35 bits per heavy atom. The average molecular weight is 330 g/mol. The molecule has 0 bridgehead atoms. The summed E-state index contributed by atoms with van der Waals surface area (Å²) in [7, 11) is 0. The van der Waals surface area contributed by atoms with E-state index in [0.717, 1.165) is 0 Å². The van der Waals surface area contributed by atoms with Gasteiger partial charge in [-0.25, -0.2) is 4.79 Å². The minimum absolute atomic E-state index is 0.315. The fourth-order valence-corrected chi connectivity index (χ4v) is 2.33. The first-order valence-corrected chi connectivity index (χ1v) is 7.25. The molecule has 1 saturated heterocycles. The normalized spacial score (nSPS) is 19.8. The molecule has 3 unspecified atom stereocenters. The lowest BCUT2D eigenvalue weighted by Gasteiger charge is -2.23. The second kappa shape index (κ2) is 8.44. The molecule has 0 aromatic heterocycles. The van der Waals surface area contributed by atoms with Crippen LogP contribution < -0.4 is 16.4 Å². The number of carbonyl (C=O) groups excluding carboxylic acids is 3. The highest BCUT2D eigenvalue weighted by molar-refractivity contribution is 5.92. The number of nitrogens with zero attached hydrogens (tertiary/aromatic N) is 1. The zero-order valence-electron chi connectivity index (χ0n) is 12.8. The van der Waals surface area contributed by atoms with Crippen LogP contribution in [0.2, 0.25) is 0 Å². The quantitative estimate of drug-likeness (QED) is 0.332. The summed E-state index contributed by atoms with van der Waals surface area (Å²) in [6, 6.07) is -2.13. The smallest absolute Gasteiger partial charge is 0.326 e. The molecule has 1 heterocycles. The van der Waals surface area contributed by atoms with Gasteiger partial charge in [0.25, 0.3) is 0 Å². The van der Waals surface area contributed by atoms with Gasteiger partial charge in [0.1, 0.15) is 12.1 Å². The first kappa shape index (κ1) is 18.8. The van der Waals surface area contributed by atoms with Gasteiger partial charge in [0.05, 0.1) is 19.2 Å². The molecule has 3 amide bonds. The Kier molecular flexibility index (Phi) is 6.91. The average Bonchev–Trinajstić information content (AvgIpc) is 2.99. The molecule has 1 fully saturated rings. The monoisotopic (exact) mass is 330 g/mol. The lowest BCUT2D eigenvalue weighted by molar-refractivity contribution is -0.148. The zero-order valence-corrected chi connectivity index (χ0v) is 12.8. The van der Waals surface area contributed by atoms with Crippen molar-refractivity contribution in [2.75, 3.05) is 19.6 Å². The summed E-state index contributed by atoms with van der Waals surface area (Å²) in [5.41, 5.74) is 5.13. The van der Waals surface area contributed by atoms with Crippen molar-refractivity contribution in [2.45, 2.75) is 38.0 Å². The third kappa shape index (κ3) is 5.18. The van der Waals surface area contributed by atoms with Crippen LogP contribution in [-0.4, -0.2) is 76.6 Å². The predicted molar refractivity (Wildman–Crippen MR) is 78.0 cm³/mol. The molecule has 0 aromatic carbocycles. The number of rotatable bonds is 7. The Bertz CT molecular complexity index is 481. The van der Waals surface area contributed by atoms with Crippen LogP contribution >= 0.6 is 0 Å². The molecule has 130 valence electrons. The Labute approximate surface area is 133 Å². The summed E-state index contributed by atoms with van der Waals surface area (Å²) in [4.78, 5) is 47.4. The molecular weight excluding hydrogens is 308 g/mol. The Hall–Kier alpha value is -2.20. The molecule has 0 aromatic rings. The van der Waals surface area contributed by atoms with Crippen LogP contribution in [0, 0.1) is 0 Å². The molecule has 1 aliphatic heterocycles. The molecule has 0 saturated carbocycles. The van der Waals surface area contributed by atoms with Crippen molar-refractivity contribution in [3.8, 4) is 0 Å². The molecule has 0 radical (unpaired) electrons. The third-order valence-electron chi connectivity index (χ3n) is 3.54. The predicted octanol–water partition coefficient (Wildman–Crippen LogP) is -3.00. The summed E-state index contributed by atoms with van der Waals surface area (Å²) in [6.07, 6.45) is -0.226. The Balaban J connectivity index is 2.57. The largest absolute Gasteiger partial charge is 0.480 e. The first-order chi connectivity index (χ1) is 10.8. The van der Waals surface area contributed by atoms with E-state index in [1.807, 2.05) is 0 Å². The maximum atomic E-state index is 12.0. The van der Waals surface area contributed by atoms with Gasteiger partial charge in [-0.2, -0.15) is 0 Å². The number of aliphatic hydroxyl groups excluding tert-OH is 1. The van der Waals surface area contributed by atoms with Gasteiger partial charge in [-0.1, -0.05) is 0 Å². The van der Waals surface area contributed by atoms with Gasteiger partial charge >= 0.3 is 5.97 Å². The number of carboxylic acid groups (broad SMARTS) is 1. The summed E-state index contributed by atoms with van der Waals surface area (Å²) >= 11 is 0. The van der Waals surface area contributed by atoms with Gasteiger partial charge in [0, 0.05) is 6.54 Å². The van der Waals surface area contributed by atoms with Crippen LogP contribution in [0.15, 0.2) is 0 Å². The van der Waals surface area contributed by atoms with E-state index < -0.39 is 48.4 Å². The highest BCUT2D eigenvalue weighted by Gasteiger charge is 2.34. The second-order valence-corrected chi connectivity index (χ2v) is 5.29. The maximum Gasteiger partial charge on any atom is 0.326 e. The van der Waals surface area contributed by atoms with E-state index in [0.29, 0.717) is 19.4 Å². The molecule has 1 rings (SSSR count). The third-order valence-corrected chi connectivity index (χ3v) is 3.54. The number of hydrogen-bond donors (Lipinski definition) is 5. The van der Waals surface area contributed by atoms with Crippen molar-refractivity contribution in [3.05, 3.63) is 0 Å². The van der Waals surface area contributed by atoms with E-state index in [1.54, 1.807) is 0 Å². The van der Waals surface area contributed by atoms with Crippen molar-refractivity contribution < 1.29 is 29.4 Å². The summed E-state index contributed by atoms with van der Waals surface area (Å²) in [6.45, 7) is 0.868. The topological polar surface area (TPSA) is 162 Å². The fraction of sp³-hybridized carbons (Fsp3) is 0.692. The van der Waals surface area contributed by atoms with Gasteiger partial charge in [-0.05, 0) is 19.8 Å². The maximum absolute atomic E-state index is 12.0. The number of nitrogens with two attached hydrogens (primary N) is 1. The lowest BCUT2D eigenvalue weighted by Crippen LogP contribution is -2.55. The number of amides is 3. The summed E-state index contributed by atoms with van der Waals surface area (Å²) in [5, 5.41) is 23.1. The first-order valence-electron chi connectivity index (χ1n) is 7.25. The Morgan fingerprint density at radius 3 is 2.52 bits per heavy atom. The van der Waals surface area contributed by atoms with Crippen molar-refractivity contribution in [3.63, 3.8) is 0 Å². The number of aliphatic carboxylic acids is 1. The summed E-state index contributed by atoms with van der Waals surface area (Å²) < 4.78 is 0. The molecule has 10 heteroatoms. The molecular formula is C13H22N4O6. The van der Waals surface area contributed by atoms with E-state index in [1.165, 1.54) is 11.8 Å². The highest BCUT2D eigenvalue weighted by atomic mass is 16.4.